The zero-order valence-electron chi connectivity index (χ0n) is 18.3. The monoisotopic (exact) mass is 438 g/mol. The Balaban J connectivity index is 1.29. The topological polar surface area (TPSA) is 84.9 Å². The average Bonchev–Trinajstić information content (AvgIpc) is 2.83. The number of nitrogens with zero attached hydrogens (tertiary/aromatic N) is 1. The number of benzene rings is 2. The summed E-state index contributed by atoms with van der Waals surface area (Å²) in [6, 6.07) is 16.9. The van der Waals surface area contributed by atoms with Gasteiger partial charge in [0.25, 0.3) is 5.91 Å². The molecule has 1 fully saturated rings. The summed E-state index contributed by atoms with van der Waals surface area (Å²) in [5.41, 5.74) is 2.43. The Kier molecular flexibility index (Phi) is 9.25. The minimum Gasteiger partial charge on any atom is -0.466 e. The van der Waals surface area contributed by atoms with Gasteiger partial charge in [-0.3, -0.25) is 14.4 Å². The molecule has 7 nitrogen and oxygen atoms in total. The van der Waals surface area contributed by atoms with Crippen molar-refractivity contribution in [2.75, 3.05) is 38.2 Å². The summed E-state index contributed by atoms with van der Waals surface area (Å²) < 4.78 is 10.5. The fourth-order valence-electron chi connectivity index (χ4n) is 3.44. The molecular formula is C25H30N2O5. The lowest BCUT2D eigenvalue weighted by Crippen LogP contribution is -2.40. The summed E-state index contributed by atoms with van der Waals surface area (Å²) in [7, 11) is 0. The number of nitrogens with one attached hydrogen (secondary N) is 1. The molecule has 2 aromatic rings. The van der Waals surface area contributed by atoms with Gasteiger partial charge in [-0.25, -0.2) is 0 Å². The Morgan fingerprint density at radius 1 is 0.906 bits per heavy atom. The first kappa shape index (κ1) is 23.5. The molecule has 0 unspecified atom stereocenters. The lowest BCUT2D eigenvalue weighted by Gasteiger charge is -2.26. The molecule has 2 amide bonds. The molecule has 1 heterocycles. The molecule has 0 saturated carbocycles. The predicted octanol–water partition coefficient (Wildman–Crippen LogP) is 3.44. The molecule has 1 aliphatic rings. The molecule has 0 aliphatic carbocycles. The highest BCUT2D eigenvalue weighted by Gasteiger charge is 2.18. The number of aryl methyl sites for hydroxylation is 1. The van der Waals surface area contributed by atoms with Crippen LogP contribution in [0.1, 0.15) is 41.6 Å². The van der Waals surface area contributed by atoms with E-state index < -0.39 is 0 Å². The minimum absolute atomic E-state index is 0.0338. The minimum atomic E-state index is -0.281. The van der Waals surface area contributed by atoms with Gasteiger partial charge < -0.3 is 19.7 Å². The Morgan fingerprint density at radius 3 is 2.34 bits per heavy atom. The van der Waals surface area contributed by atoms with Crippen LogP contribution in [0.25, 0.3) is 0 Å². The third-order valence-corrected chi connectivity index (χ3v) is 5.21. The first-order chi connectivity index (χ1) is 15.6. The number of morpholine rings is 1. The van der Waals surface area contributed by atoms with E-state index in [-0.39, 0.29) is 30.6 Å². The van der Waals surface area contributed by atoms with Crippen LogP contribution in [0.5, 0.6) is 0 Å². The Morgan fingerprint density at radius 2 is 1.62 bits per heavy atom. The lowest BCUT2D eigenvalue weighted by atomic mass is 10.1. The SMILES string of the molecule is O=C(CCCC(=O)OCCCc1ccccc1)Nc1ccc(C(=O)N2CCOCC2)cc1. The maximum absolute atomic E-state index is 12.4. The molecule has 0 aromatic heterocycles. The van der Waals surface area contributed by atoms with Crippen LogP contribution in [0.3, 0.4) is 0 Å². The smallest absolute Gasteiger partial charge is 0.305 e. The van der Waals surface area contributed by atoms with Gasteiger partial charge in [-0.15, -0.1) is 0 Å². The molecule has 2 aromatic carbocycles. The normalized spacial score (nSPS) is 13.4. The van der Waals surface area contributed by atoms with Crippen LogP contribution in [-0.4, -0.2) is 55.6 Å². The first-order valence-electron chi connectivity index (χ1n) is 11.1. The Bertz CT molecular complexity index is 877. The van der Waals surface area contributed by atoms with Gasteiger partial charge in [0.1, 0.15) is 0 Å². The van der Waals surface area contributed by atoms with Gasteiger partial charge in [-0.1, -0.05) is 30.3 Å². The Labute approximate surface area is 188 Å². The quantitative estimate of drug-likeness (QED) is 0.454. The van der Waals surface area contributed by atoms with Crippen molar-refractivity contribution < 1.29 is 23.9 Å². The number of hydrogen-bond donors (Lipinski definition) is 1. The largest absolute Gasteiger partial charge is 0.466 e. The van der Waals surface area contributed by atoms with Gasteiger partial charge >= 0.3 is 5.97 Å². The Hall–Kier alpha value is -3.19. The van der Waals surface area contributed by atoms with Crippen LogP contribution in [0, 0.1) is 0 Å². The first-order valence-corrected chi connectivity index (χ1v) is 11.1. The maximum atomic E-state index is 12.4. The van der Waals surface area contributed by atoms with E-state index in [2.05, 4.69) is 17.4 Å². The van der Waals surface area contributed by atoms with Crippen LogP contribution in [0.2, 0.25) is 0 Å². The third kappa shape index (κ3) is 7.81. The number of amides is 2. The molecule has 3 rings (SSSR count). The second-order valence-electron chi connectivity index (χ2n) is 7.69. The van der Waals surface area contributed by atoms with Crippen LogP contribution in [-0.2, 0) is 25.5 Å². The van der Waals surface area contributed by atoms with E-state index in [9.17, 15) is 14.4 Å². The number of esters is 1. The van der Waals surface area contributed by atoms with Gasteiger partial charge in [0.05, 0.1) is 19.8 Å². The molecule has 1 N–H and O–H groups in total. The summed E-state index contributed by atoms with van der Waals surface area (Å²) in [5.74, 6) is -0.487. The van der Waals surface area contributed by atoms with E-state index in [0.29, 0.717) is 50.6 Å². The molecule has 32 heavy (non-hydrogen) atoms. The van der Waals surface area contributed by atoms with Gasteiger partial charge in [0.15, 0.2) is 0 Å². The fourth-order valence-corrected chi connectivity index (χ4v) is 3.44. The molecule has 0 bridgehead atoms. The van der Waals surface area contributed by atoms with Crippen molar-refractivity contribution in [1.82, 2.24) is 4.90 Å². The second-order valence-corrected chi connectivity index (χ2v) is 7.69. The van der Waals surface area contributed by atoms with Gasteiger partial charge in [-0.05, 0) is 49.1 Å². The molecule has 0 spiro atoms. The van der Waals surface area contributed by atoms with E-state index in [1.807, 2.05) is 18.2 Å². The van der Waals surface area contributed by atoms with Gasteiger partial charge in [-0.2, -0.15) is 0 Å². The van der Waals surface area contributed by atoms with Crippen molar-refractivity contribution in [2.24, 2.45) is 0 Å². The summed E-state index contributed by atoms with van der Waals surface area (Å²) in [6.07, 6.45) is 2.52. The molecule has 7 heteroatoms. The summed E-state index contributed by atoms with van der Waals surface area (Å²) in [4.78, 5) is 38.2. The van der Waals surface area contributed by atoms with Crippen LogP contribution >= 0.6 is 0 Å². The van der Waals surface area contributed by atoms with Crippen molar-refractivity contribution in [2.45, 2.75) is 32.1 Å². The number of carbonyl (C=O) groups is 3. The van der Waals surface area contributed by atoms with E-state index in [0.717, 1.165) is 12.8 Å². The van der Waals surface area contributed by atoms with Gasteiger partial charge in [0.2, 0.25) is 5.91 Å². The number of carbonyl (C=O) groups excluding carboxylic acids is 3. The average molecular weight is 439 g/mol. The van der Waals surface area contributed by atoms with Crippen LogP contribution < -0.4 is 5.32 Å². The van der Waals surface area contributed by atoms with Gasteiger partial charge in [0, 0.05) is 37.2 Å². The molecule has 0 atom stereocenters. The van der Waals surface area contributed by atoms with Crippen molar-refractivity contribution in [1.29, 1.82) is 0 Å². The zero-order valence-corrected chi connectivity index (χ0v) is 18.3. The van der Waals surface area contributed by atoms with Crippen LogP contribution in [0.4, 0.5) is 5.69 Å². The molecular weight excluding hydrogens is 408 g/mol. The van der Waals surface area contributed by atoms with E-state index >= 15 is 0 Å². The van der Waals surface area contributed by atoms with Crippen molar-refractivity contribution >= 4 is 23.5 Å². The molecule has 1 aliphatic heterocycles. The molecule has 1 saturated heterocycles. The van der Waals surface area contributed by atoms with E-state index in [4.69, 9.17) is 9.47 Å². The van der Waals surface area contributed by atoms with E-state index in [1.165, 1.54) is 5.56 Å². The molecule has 0 radical (unpaired) electrons. The highest BCUT2D eigenvalue weighted by Crippen LogP contribution is 2.13. The van der Waals surface area contributed by atoms with Crippen molar-refractivity contribution in [3.05, 3.63) is 65.7 Å². The van der Waals surface area contributed by atoms with Crippen LogP contribution in [0.15, 0.2) is 54.6 Å². The maximum Gasteiger partial charge on any atom is 0.305 e. The number of hydrogen-bond acceptors (Lipinski definition) is 5. The third-order valence-electron chi connectivity index (χ3n) is 5.21. The number of ether oxygens (including phenoxy) is 2. The van der Waals surface area contributed by atoms with Crippen molar-refractivity contribution in [3.63, 3.8) is 0 Å². The highest BCUT2D eigenvalue weighted by molar-refractivity contribution is 5.96. The highest BCUT2D eigenvalue weighted by atomic mass is 16.5. The van der Waals surface area contributed by atoms with E-state index in [1.54, 1.807) is 29.2 Å². The standard InChI is InChI=1S/C25H30N2O5/c28-23(9-4-10-24(29)32-17-5-8-20-6-2-1-3-7-20)26-22-13-11-21(12-14-22)25(30)27-15-18-31-19-16-27/h1-3,6-7,11-14H,4-5,8-10,15-19H2,(H,26,28). The summed E-state index contributed by atoms with van der Waals surface area (Å²) in [6.45, 7) is 2.68. The number of anilines is 1. The zero-order chi connectivity index (χ0) is 22.6. The second kappa shape index (κ2) is 12.6. The molecule has 170 valence electrons. The predicted molar refractivity (Wildman–Crippen MR) is 121 cm³/mol. The summed E-state index contributed by atoms with van der Waals surface area (Å²) >= 11 is 0. The number of rotatable bonds is 10. The summed E-state index contributed by atoms with van der Waals surface area (Å²) in [5, 5.41) is 2.80. The van der Waals surface area contributed by atoms with Crippen molar-refractivity contribution in [3.8, 4) is 0 Å². The fraction of sp³-hybridized carbons (Fsp3) is 0.400. The lowest BCUT2D eigenvalue weighted by molar-refractivity contribution is -0.143.